The summed E-state index contributed by atoms with van der Waals surface area (Å²) < 4.78 is 6.30. The molecule has 0 atom stereocenters. The van der Waals surface area contributed by atoms with Crippen molar-refractivity contribution in [2.75, 3.05) is 0 Å². The number of carboxylic acids is 1. The lowest BCUT2D eigenvalue weighted by molar-refractivity contribution is -0.131. The quantitative estimate of drug-likeness (QED) is 0.616. The molecule has 0 unspecified atom stereocenters. The van der Waals surface area contributed by atoms with E-state index >= 15 is 0 Å². The molecule has 0 spiro atoms. The average molecular weight is 357 g/mol. The number of aliphatic carboxylic acids is 1. The highest BCUT2D eigenvalue weighted by Crippen LogP contribution is 2.37. The van der Waals surface area contributed by atoms with Crippen molar-refractivity contribution in [2.24, 2.45) is 0 Å². The lowest BCUT2D eigenvalue weighted by Crippen LogP contribution is -2.43. The van der Waals surface area contributed by atoms with Gasteiger partial charge in [-0.2, -0.15) is 0 Å². The van der Waals surface area contributed by atoms with E-state index in [0.717, 1.165) is 11.3 Å². The van der Waals surface area contributed by atoms with Gasteiger partial charge in [0.15, 0.2) is 0 Å². The third-order valence-electron chi connectivity index (χ3n) is 3.56. The van der Waals surface area contributed by atoms with Gasteiger partial charge in [0.1, 0.15) is 10.2 Å². The minimum Gasteiger partial charge on any atom is -0.544 e. The summed E-state index contributed by atoms with van der Waals surface area (Å²) in [4.78, 5) is 10.7. The van der Waals surface area contributed by atoms with E-state index in [0.29, 0.717) is 0 Å². The third-order valence-corrected chi connectivity index (χ3v) is 8.48. The smallest absolute Gasteiger partial charge is 0.342 e. The van der Waals surface area contributed by atoms with Crippen molar-refractivity contribution in [2.45, 2.75) is 38.9 Å². The molecule has 0 bridgehead atoms. The maximum absolute atomic E-state index is 10.7. The molecule has 0 amide bonds. The van der Waals surface area contributed by atoms with Crippen LogP contribution in [0.5, 0.6) is 5.75 Å². The highest BCUT2D eigenvalue weighted by Gasteiger charge is 2.38. The van der Waals surface area contributed by atoms with Crippen molar-refractivity contribution >= 4 is 36.3 Å². The van der Waals surface area contributed by atoms with E-state index in [2.05, 4.69) is 49.8 Å². The number of carbonyl (C=O) groups is 1. The van der Waals surface area contributed by atoms with Gasteiger partial charge in [-0.15, -0.1) is 0 Å². The van der Waals surface area contributed by atoms with Gasteiger partial charge in [0.25, 0.3) is 0 Å². The van der Waals surface area contributed by atoms with Crippen molar-refractivity contribution in [1.82, 2.24) is 0 Å². The molecule has 0 saturated carbocycles. The highest BCUT2D eigenvalue weighted by molar-refractivity contribution is 9.12. The van der Waals surface area contributed by atoms with Gasteiger partial charge in [-0.3, -0.25) is 0 Å². The SMILES string of the molecule is CC(C)(C)[Si](C)(C)Oc1ccc(/C=C(\Br)C(=O)O)cc1. The molecule has 1 aromatic carbocycles. The number of hydrogen-bond acceptors (Lipinski definition) is 2. The van der Waals surface area contributed by atoms with Crippen LogP contribution in [-0.4, -0.2) is 19.4 Å². The van der Waals surface area contributed by atoms with E-state index in [1.165, 1.54) is 0 Å². The van der Waals surface area contributed by atoms with Gasteiger partial charge in [0, 0.05) is 0 Å². The van der Waals surface area contributed by atoms with E-state index in [1.807, 2.05) is 24.3 Å². The second kappa shape index (κ2) is 6.14. The van der Waals surface area contributed by atoms with E-state index < -0.39 is 14.3 Å². The van der Waals surface area contributed by atoms with Crippen molar-refractivity contribution in [3.8, 4) is 5.75 Å². The predicted octanol–water partition coefficient (Wildman–Crippen LogP) is 4.89. The molecule has 110 valence electrons. The van der Waals surface area contributed by atoms with Crippen LogP contribution in [0.2, 0.25) is 18.1 Å². The molecule has 0 saturated heterocycles. The highest BCUT2D eigenvalue weighted by atomic mass is 79.9. The Morgan fingerprint density at radius 2 is 1.75 bits per heavy atom. The maximum atomic E-state index is 10.7. The van der Waals surface area contributed by atoms with Crippen molar-refractivity contribution in [1.29, 1.82) is 0 Å². The molecule has 1 rings (SSSR count). The van der Waals surface area contributed by atoms with Crippen LogP contribution in [0.3, 0.4) is 0 Å². The van der Waals surface area contributed by atoms with Crippen LogP contribution in [0.1, 0.15) is 26.3 Å². The minimum absolute atomic E-state index is 0.135. The van der Waals surface area contributed by atoms with Crippen LogP contribution in [0.25, 0.3) is 6.08 Å². The van der Waals surface area contributed by atoms with Gasteiger partial charge in [-0.25, -0.2) is 4.79 Å². The van der Waals surface area contributed by atoms with Crippen LogP contribution < -0.4 is 4.43 Å². The van der Waals surface area contributed by atoms with Crippen molar-refractivity contribution in [3.63, 3.8) is 0 Å². The molecule has 0 aliphatic rings. The van der Waals surface area contributed by atoms with Crippen molar-refractivity contribution < 1.29 is 14.3 Å². The van der Waals surface area contributed by atoms with E-state index in [9.17, 15) is 4.79 Å². The van der Waals surface area contributed by atoms with Crippen LogP contribution >= 0.6 is 15.9 Å². The first kappa shape index (κ1) is 17.0. The van der Waals surface area contributed by atoms with E-state index in [1.54, 1.807) is 6.08 Å². The summed E-state index contributed by atoms with van der Waals surface area (Å²) in [6.07, 6.45) is 1.57. The third kappa shape index (κ3) is 4.49. The molecule has 0 aromatic heterocycles. The zero-order valence-electron chi connectivity index (χ0n) is 12.5. The number of rotatable bonds is 4. The van der Waals surface area contributed by atoms with Gasteiger partial charge in [0.05, 0.1) is 0 Å². The summed E-state index contributed by atoms with van der Waals surface area (Å²) in [5.74, 6) is -0.146. The van der Waals surface area contributed by atoms with Gasteiger partial charge < -0.3 is 9.53 Å². The van der Waals surface area contributed by atoms with Crippen LogP contribution in [0, 0.1) is 0 Å². The Morgan fingerprint density at radius 3 is 2.15 bits per heavy atom. The second-order valence-electron chi connectivity index (χ2n) is 6.23. The van der Waals surface area contributed by atoms with E-state index in [4.69, 9.17) is 9.53 Å². The van der Waals surface area contributed by atoms with Crippen molar-refractivity contribution in [3.05, 3.63) is 34.3 Å². The number of benzene rings is 1. The Kier molecular flexibility index (Phi) is 5.21. The summed E-state index contributed by atoms with van der Waals surface area (Å²) in [7, 11) is -1.83. The molecule has 0 aliphatic carbocycles. The van der Waals surface area contributed by atoms with Crippen LogP contribution in [-0.2, 0) is 4.79 Å². The summed E-state index contributed by atoms with van der Waals surface area (Å²) in [6, 6.07) is 7.47. The molecule has 0 heterocycles. The molecule has 5 heteroatoms. The van der Waals surface area contributed by atoms with E-state index in [-0.39, 0.29) is 9.52 Å². The van der Waals surface area contributed by atoms with Gasteiger partial charge in [-0.05, 0) is 57.8 Å². The summed E-state index contributed by atoms with van der Waals surface area (Å²) in [5.41, 5.74) is 0.821. The molecule has 1 aromatic rings. The molecule has 0 fully saturated rings. The average Bonchev–Trinajstić information content (AvgIpc) is 2.29. The first-order chi connectivity index (χ1) is 9.03. The lowest BCUT2D eigenvalue weighted by Gasteiger charge is -2.36. The largest absolute Gasteiger partial charge is 0.544 e. The summed E-state index contributed by atoms with van der Waals surface area (Å²) >= 11 is 3.01. The first-order valence-corrected chi connectivity index (χ1v) is 10.1. The molecular weight excluding hydrogens is 336 g/mol. The van der Waals surface area contributed by atoms with Gasteiger partial charge >= 0.3 is 5.97 Å². The zero-order chi connectivity index (χ0) is 15.6. The minimum atomic E-state index is -1.83. The van der Waals surface area contributed by atoms with Crippen LogP contribution in [0.15, 0.2) is 28.7 Å². The van der Waals surface area contributed by atoms with Gasteiger partial charge in [-0.1, -0.05) is 32.9 Å². The summed E-state index contributed by atoms with van der Waals surface area (Å²) in [6.45, 7) is 11.0. The standard InChI is InChI=1S/C15H21BrO3Si/c1-15(2,3)20(4,5)19-12-8-6-11(7-9-12)10-13(16)14(17)18/h6-10H,1-5H3,(H,17,18)/b13-10-. The first-order valence-electron chi connectivity index (χ1n) is 6.42. The molecule has 0 radical (unpaired) electrons. The molecule has 3 nitrogen and oxygen atoms in total. The molecule has 1 N–H and O–H groups in total. The molecular formula is C15H21BrO3Si. The number of halogens is 1. The normalized spacial score (nSPS) is 13.2. The fraction of sp³-hybridized carbons (Fsp3) is 0.400. The fourth-order valence-electron chi connectivity index (χ4n) is 1.29. The monoisotopic (exact) mass is 356 g/mol. The Hall–Kier alpha value is -1.07. The lowest BCUT2D eigenvalue weighted by atomic mass is 10.2. The topological polar surface area (TPSA) is 46.5 Å². The second-order valence-corrected chi connectivity index (χ2v) is 11.8. The summed E-state index contributed by atoms with van der Waals surface area (Å²) in [5, 5.41) is 8.96. The Labute approximate surface area is 129 Å². The predicted molar refractivity (Wildman–Crippen MR) is 88.8 cm³/mol. The van der Waals surface area contributed by atoms with Gasteiger partial charge in [0.2, 0.25) is 8.32 Å². The Morgan fingerprint density at radius 1 is 1.25 bits per heavy atom. The Bertz CT molecular complexity index is 513. The zero-order valence-corrected chi connectivity index (χ0v) is 15.1. The molecule has 0 aliphatic heterocycles. The fourth-order valence-corrected chi connectivity index (χ4v) is 2.58. The Balaban J connectivity index is 2.88. The molecule has 20 heavy (non-hydrogen) atoms. The maximum Gasteiger partial charge on any atom is 0.342 e. The van der Waals surface area contributed by atoms with Crippen LogP contribution in [0.4, 0.5) is 0 Å². The number of carboxylic acid groups (broad SMARTS) is 1. The number of hydrogen-bond donors (Lipinski definition) is 1.